The van der Waals surface area contributed by atoms with Crippen LogP contribution in [0.15, 0.2) is 42.5 Å². The molecule has 4 nitrogen and oxygen atoms in total. The van der Waals surface area contributed by atoms with Crippen molar-refractivity contribution in [2.75, 3.05) is 13.7 Å². The maximum Gasteiger partial charge on any atom is 0.223 e. The minimum absolute atomic E-state index is 0.0708. The molecule has 0 bridgehead atoms. The fraction of sp³-hybridized carbons (Fsp3) is 0.458. The third-order valence-electron chi connectivity index (χ3n) is 6.11. The van der Waals surface area contributed by atoms with E-state index in [1.54, 1.807) is 19.2 Å². The van der Waals surface area contributed by atoms with Crippen molar-refractivity contribution in [2.45, 2.75) is 50.5 Å². The molecular weight excluding hydrogens is 369 g/mol. The topological polar surface area (TPSA) is 47.6 Å². The predicted molar refractivity (Wildman–Crippen MR) is 110 cm³/mol. The maximum absolute atomic E-state index is 13.2. The van der Waals surface area contributed by atoms with Crippen LogP contribution in [0.5, 0.6) is 11.5 Å². The molecule has 1 saturated carbocycles. The van der Waals surface area contributed by atoms with Crippen molar-refractivity contribution in [2.24, 2.45) is 5.92 Å². The van der Waals surface area contributed by atoms with Gasteiger partial charge in [-0.2, -0.15) is 0 Å². The normalized spacial score (nSPS) is 22.3. The summed E-state index contributed by atoms with van der Waals surface area (Å²) in [5.41, 5.74) is 2.13. The molecule has 0 unspecified atom stereocenters. The number of methoxy groups -OCH3 is 1. The lowest BCUT2D eigenvalue weighted by Gasteiger charge is -2.30. The number of halogens is 1. The molecule has 2 aliphatic rings. The van der Waals surface area contributed by atoms with E-state index in [0.29, 0.717) is 13.0 Å². The Morgan fingerprint density at radius 2 is 1.83 bits per heavy atom. The van der Waals surface area contributed by atoms with Gasteiger partial charge in [-0.3, -0.25) is 4.79 Å². The third-order valence-corrected chi connectivity index (χ3v) is 6.11. The second-order valence-corrected chi connectivity index (χ2v) is 8.14. The smallest absolute Gasteiger partial charge is 0.223 e. The number of piperidine rings is 1. The molecule has 0 aromatic heterocycles. The third kappa shape index (κ3) is 4.72. The van der Waals surface area contributed by atoms with E-state index in [2.05, 4.69) is 17.4 Å². The first kappa shape index (κ1) is 19.7. The minimum atomic E-state index is -0.257. The van der Waals surface area contributed by atoms with E-state index in [4.69, 9.17) is 9.47 Å². The number of carbonyl (C=O) groups excluding carboxylic acids is 1. The van der Waals surface area contributed by atoms with Crippen LogP contribution >= 0.6 is 0 Å². The zero-order valence-corrected chi connectivity index (χ0v) is 16.8. The van der Waals surface area contributed by atoms with Gasteiger partial charge >= 0.3 is 0 Å². The van der Waals surface area contributed by atoms with Gasteiger partial charge < -0.3 is 14.8 Å². The molecule has 2 aromatic rings. The van der Waals surface area contributed by atoms with Gasteiger partial charge in [-0.05, 0) is 73.9 Å². The van der Waals surface area contributed by atoms with Crippen molar-refractivity contribution in [1.29, 1.82) is 0 Å². The molecule has 1 amide bonds. The molecule has 154 valence electrons. The fourth-order valence-electron chi connectivity index (χ4n) is 4.46. The number of carbonyl (C=O) groups is 1. The highest BCUT2D eigenvalue weighted by atomic mass is 19.1. The average molecular weight is 397 g/mol. The Labute approximate surface area is 171 Å². The number of rotatable bonds is 6. The number of ether oxygens (including phenoxy) is 2. The van der Waals surface area contributed by atoms with Gasteiger partial charge in [-0.25, -0.2) is 4.39 Å². The molecule has 0 radical (unpaired) electrons. The van der Waals surface area contributed by atoms with Crippen LogP contribution in [-0.2, 0) is 11.2 Å². The van der Waals surface area contributed by atoms with Gasteiger partial charge in [-0.1, -0.05) is 18.2 Å². The number of hydrogen-bond acceptors (Lipinski definition) is 3. The highest BCUT2D eigenvalue weighted by molar-refractivity contribution is 5.80. The molecule has 1 saturated heterocycles. The monoisotopic (exact) mass is 397 g/mol. The van der Waals surface area contributed by atoms with Gasteiger partial charge in [0.2, 0.25) is 5.91 Å². The molecule has 2 atom stereocenters. The van der Waals surface area contributed by atoms with Crippen LogP contribution in [0.4, 0.5) is 4.39 Å². The molecule has 2 fully saturated rings. The van der Waals surface area contributed by atoms with Crippen LogP contribution in [0, 0.1) is 11.7 Å². The van der Waals surface area contributed by atoms with Crippen LogP contribution < -0.4 is 14.8 Å². The second-order valence-electron chi connectivity index (χ2n) is 8.14. The Kier molecular flexibility index (Phi) is 6.02. The lowest BCUT2D eigenvalue weighted by atomic mass is 9.82. The van der Waals surface area contributed by atoms with E-state index < -0.39 is 0 Å². The summed E-state index contributed by atoms with van der Waals surface area (Å²) < 4.78 is 24.9. The summed E-state index contributed by atoms with van der Waals surface area (Å²) in [6, 6.07) is 12.5. The molecule has 5 heteroatoms. The summed E-state index contributed by atoms with van der Waals surface area (Å²) in [5, 5.41) is 3.05. The molecule has 1 aliphatic heterocycles. The zero-order chi connectivity index (χ0) is 20.2. The van der Waals surface area contributed by atoms with Crippen molar-refractivity contribution in [3.05, 3.63) is 59.4 Å². The first-order valence-electron chi connectivity index (χ1n) is 10.5. The van der Waals surface area contributed by atoms with E-state index in [0.717, 1.165) is 41.9 Å². The molecular formula is C24H28FNO3. The lowest BCUT2D eigenvalue weighted by Crippen LogP contribution is -2.41. The second kappa shape index (κ2) is 8.85. The van der Waals surface area contributed by atoms with Crippen LogP contribution in [0.2, 0.25) is 0 Å². The lowest BCUT2D eigenvalue weighted by molar-refractivity contribution is -0.126. The summed E-state index contributed by atoms with van der Waals surface area (Å²) in [4.78, 5) is 12.4. The van der Waals surface area contributed by atoms with Crippen LogP contribution in [0.1, 0.15) is 49.1 Å². The highest BCUT2D eigenvalue weighted by Gasteiger charge is 2.30. The van der Waals surface area contributed by atoms with Gasteiger partial charge in [0.25, 0.3) is 0 Å². The molecule has 1 N–H and O–H groups in total. The fourth-order valence-corrected chi connectivity index (χ4v) is 4.46. The van der Waals surface area contributed by atoms with Gasteiger partial charge in [0.05, 0.1) is 13.2 Å². The predicted octanol–water partition coefficient (Wildman–Crippen LogP) is 4.62. The Balaban J connectivity index is 1.49. The quantitative estimate of drug-likeness (QED) is 0.774. The SMILES string of the molecule is COc1ccc([C@H]2CNC(=O)[C@H](Cc3ccc(F)cc3)C2)cc1OC1CCCC1. The first-order chi connectivity index (χ1) is 14.1. The summed E-state index contributed by atoms with van der Waals surface area (Å²) in [6.45, 7) is 0.619. The summed E-state index contributed by atoms with van der Waals surface area (Å²) in [7, 11) is 1.66. The number of amides is 1. The molecule has 1 heterocycles. The van der Waals surface area contributed by atoms with Crippen LogP contribution in [0.3, 0.4) is 0 Å². The van der Waals surface area contributed by atoms with E-state index >= 15 is 0 Å². The van der Waals surface area contributed by atoms with Crippen molar-refractivity contribution in [3.63, 3.8) is 0 Å². The summed E-state index contributed by atoms with van der Waals surface area (Å²) in [6.07, 6.45) is 6.25. The Hall–Kier alpha value is -2.56. The average Bonchev–Trinajstić information content (AvgIpc) is 3.24. The Bertz CT molecular complexity index is 846. The number of benzene rings is 2. The van der Waals surface area contributed by atoms with E-state index in [1.165, 1.54) is 25.0 Å². The van der Waals surface area contributed by atoms with Crippen LogP contribution in [-0.4, -0.2) is 25.7 Å². The van der Waals surface area contributed by atoms with Crippen molar-refractivity contribution < 1.29 is 18.7 Å². The van der Waals surface area contributed by atoms with Gasteiger partial charge in [0.1, 0.15) is 5.82 Å². The van der Waals surface area contributed by atoms with E-state index in [1.807, 2.05) is 6.07 Å². The number of hydrogen-bond donors (Lipinski definition) is 1. The van der Waals surface area contributed by atoms with Gasteiger partial charge in [0.15, 0.2) is 11.5 Å². The van der Waals surface area contributed by atoms with Crippen molar-refractivity contribution in [3.8, 4) is 11.5 Å². The maximum atomic E-state index is 13.2. The molecule has 0 spiro atoms. The van der Waals surface area contributed by atoms with Crippen molar-refractivity contribution >= 4 is 5.91 Å². The minimum Gasteiger partial charge on any atom is -0.493 e. The highest BCUT2D eigenvalue weighted by Crippen LogP contribution is 2.37. The molecule has 29 heavy (non-hydrogen) atoms. The van der Waals surface area contributed by atoms with Gasteiger partial charge in [0, 0.05) is 18.4 Å². The van der Waals surface area contributed by atoms with Gasteiger partial charge in [-0.15, -0.1) is 0 Å². The van der Waals surface area contributed by atoms with E-state index in [-0.39, 0.29) is 29.7 Å². The largest absolute Gasteiger partial charge is 0.493 e. The number of nitrogens with one attached hydrogen (secondary N) is 1. The van der Waals surface area contributed by atoms with Crippen molar-refractivity contribution in [1.82, 2.24) is 5.32 Å². The molecule has 2 aromatic carbocycles. The summed E-state index contributed by atoms with van der Waals surface area (Å²) >= 11 is 0. The summed E-state index contributed by atoms with van der Waals surface area (Å²) in [5.74, 6) is 1.46. The van der Waals surface area contributed by atoms with E-state index in [9.17, 15) is 9.18 Å². The first-order valence-corrected chi connectivity index (χ1v) is 10.5. The van der Waals surface area contributed by atoms with Crippen LogP contribution in [0.25, 0.3) is 0 Å². The Morgan fingerprint density at radius 1 is 1.07 bits per heavy atom. The molecule has 1 aliphatic carbocycles. The standard InChI is InChI=1S/C24H28FNO3/c1-28-22-11-8-17(14-23(22)29-21-4-2-3-5-21)19-13-18(24(27)26-15-19)12-16-6-9-20(25)10-7-16/h6-11,14,18-19,21H,2-5,12-13,15H2,1H3,(H,26,27)/t18-,19-/m1/s1. The Morgan fingerprint density at radius 3 is 2.55 bits per heavy atom. The molecule has 4 rings (SSSR count). The zero-order valence-electron chi connectivity index (χ0n) is 16.8.